The van der Waals surface area contributed by atoms with E-state index in [4.69, 9.17) is 21.8 Å². The van der Waals surface area contributed by atoms with E-state index in [1.807, 2.05) is 54.6 Å². The number of nitrogens with two attached hydrogens (primary N) is 1. The first-order valence-electron chi connectivity index (χ1n) is 10.0. The number of nitrogen functional groups attached to an aromatic ring is 1. The molecule has 0 radical (unpaired) electrons. The number of thiazole rings is 1. The van der Waals surface area contributed by atoms with Gasteiger partial charge in [0.25, 0.3) is 0 Å². The van der Waals surface area contributed by atoms with Crippen LogP contribution in [0.2, 0.25) is 5.02 Å². The summed E-state index contributed by atoms with van der Waals surface area (Å²) in [5.41, 5.74) is 13.0. The van der Waals surface area contributed by atoms with E-state index in [1.165, 1.54) is 11.3 Å². The quantitative estimate of drug-likeness (QED) is 0.141. The van der Waals surface area contributed by atoms with Gasteiger partial charge in [-0.1, -0.05) is 60.1 Å². The molecule has 0 saturated carbocycles. The van der Waals surface area contributed by atoms with Gasteiger partial charge in [-0.25, -0.2) is 9.78 Å². The molecule has 0 amide bonds. The second kappa shape index (κ2) is 8.90. The second-order valence-corrected chi connectivity index (χ2v) is 8.49. The standard InChI is InChI=1S/C25H17ClN4O2S/c26-17-10-11-18(20(27)13-17)23(15-6-2-1-3-7-15)29-30-25-28-21(14-33-25)19-12-16-8-4-5-9-22(16)32-24(19)31/h1-14H,27H2,(H,28,30)/b29-23+. The number of nitrogens with zero attached hydrogens (tertiary/aromatic N) is 2. The Balaban J connectivity index is 1.50. The molecule has 0 atom stereocenters. The van der Waals surface area contributed by atoms with E-state index < -0.39 is 5.63 Å². The summed E-state index contributed by atoms with van der Waals surface area (Å²) in [6.45, 7) is 0. The lowest BCUT2D eigenvalue weighted by Gasteiger charge is -2.10. The van der Waals surface area contributed by atoms with Gasteiger partial charge in [-0.2, -0.15) is 5.10 Å². The highest BCUT2D eigenvalue weighted by atomic mass is 35.5. The number of halogens is 1. The third-order valence-electron chi connectivity index (χ3n) is 5.00. The number of nitrogens with one attached hydrogen (secondary N) is 1. The summed E-state index contributed by atoms with van der Waals surface area (Å²) in [6, 6.07) is 24.1. The molecule has 0 unspecified atom stereocenters. The van der Waals surface area contributed by atoms with Crippen molar-refractivity contribution in [1.82, 2.24) is 4.98 Å². The van der Waals surface area contributed by atoms with Crippen molar-refractivity contribution in [2.45, 2.75) is 0 Å². The molecule has 5 aromatic rings. The van der Waals surface area contributed by atoms with Crippen molar-refractivity contribution in [1.29, 1.82) is 0 Å². The monoisotopic (exact) mass is 472 g/mol. The average Bonchev–Trinajstić information content (AvgIpc) is 3.29. The Morgan fingerprint density at radius 1 is 1.03 bits per heavy atom. The molecule has 3 N–H and O–H groups in total. The van der Waals surface area contributed by atoms with Crippen LogP contribution in [0.4, 0.5) is 10.8 Å². The lowest BCUT2D eigenvalue weighted by Crippen LogP contribution is -2.09. The zero-order valence-corrected chi connectivity index (χ0v) is 18.7. The van der Waals surface area contributed by atoms with Crippen molar-refractivity contribution in [2.24, 2.45) is 5.10 Å². The smallest absolute Gasteiger partial charge is 0.345 e. The lowest BCUT2D eigenvalue weighted by atomic mass is 10.0. The van der Waals surface area contributed by atoms with Crippen LogP contribution >= 0.6 is 22.9 Å². The first kappa shape index (κ1) is 20.9. The number of hydrazone groups is 1. The first-order chi connectivity index (χ1) is 16.1. The average molecular weight is 473 g/mol. The minimum atomic E-state index is -0.437. The molecule has 3 aromatic carbocycles. The largest absolute Gasteiger partial charge is 0.422 e. The number of hydrogen-bond acceptors (Lipinski definition) is 7. The second-order valence-electron chi connectivity index (χ2n) is 7.19. The van der Waals surface area contributed by atoms with Crippen LogP contribution in [-0.4, -0.2) is 10.7 Å². The molecule has 33 heavy (non-hydrogen) atoms. The van der Waals surface area contributed by atoms with Gasteiger partial charge in [0.15, 0.2) is 0 Å². The van der Waals surface area contributed by atoms with Gasteiger partial charge in [-0.3, -0.25) is 5.43 Å². The molecular weight excluding hydrogens is 456 g/mol. The van der Waals surface area contributed by atoms with E-state index in [0.717, 1.165) is 16.5 Å². The van der Waals surface area contributed by atoms with Crippen molar-refractivity contribution in [2.75, 3.05) is 11.2 Å². The van der Waals surface area contributed by atoms with Crippen molar-refractivity contribution in [3.05, 3.63) is 111 Å². The highest BCUT2D eigenvalue weighted by Crippen LogP contribution is 2.26. The Kier molecular flexibility index (Phi) is 5.64. The molecular formula is C25H17ClN4O2S. The SMILES string of the molecule is Nc1cc(Cl)ccc1/C(=N/Nc1nc(-c2cc3ccccc3oc2=O)cs1)c1ccccc1. The third kappa shape index (κ3) is 4.37. The number of anilines is 2. The summed E-state index contributed by atoms with van der Waals surface area (Å²) in [5, 5.41) is 8.29. The number of fused-ring (bicyclic) bond motifs is 1. The first-order valence-corrected chi connectivity index (χ1v) is 11.3. The predicted octanol–water partition coefficient (Wildman–Crippen LogP) is 6.02. The molecule has 0 aliphatic rings. The number of para-hydroxylation sites is 1. The Morgan fingerprint density at radius 3 is 2.64 bits per heavy atom. The fourth-order valence-corrected chi connectivity index (χ4v) is 4.25. The molecule has 162 valence electrons. The molecule has 8 heteroatoms. The molecule has 0 saturated heterocycles. The van der Waals surface area contributed by atoms with E-state index in [2.05, 4.69) is 15.5 Å². The Hall–Kier alpha value is -3.94. The van der Waals surface area contributed by atoms with Crippen LogP contribution in [0.5, 0.6) is 0 Å². The van der Waals surface area contributed by atoms with Gasteiger partial charge in [-0.05, 0) is 30.3 Å². The number of hydrogen-bond donors (Lipinski definition) is 2. The number of rotatable bonds is 5. The fraction of sp³-hybridized carbons (Fsp3) is 0. The summed E-state index contributed by atoms with van der Waals surface area (Å²) in [6.07, 6.45) is 0. The van der Waals surface area contributed by atoms with Crippen LogP contribution in [-0.2, 0) is 0 Å². The van der Waals surface area contributed by atoms with Crippen molar-refractivity contribution in [3.8, 4) is 11.3 Å². The highest BCUT2D eigenvalue weighted by Gasteiger charge is 2.14. The maximum atomic E-state index is 12.5. The third-order valence-corrected chi connectivity index (χ3v) is 5.98. The van der Waals surface area contributed by atoms with Gasteiger partial charge >= 0.3 is 5.63 Å². The number of benzene rings is 3. The Labute approximate surface area is 198 Å². The predicted molar refractivity (Wildman–Crippen MR) is 135 cm³/mol. The van der Waals surface area contributed by atoms with Crippen LogP contribution in [0.3, 0.4) is 0 Å². The maximum Gasteiger partial charge on any atom is 0.345 e. The molecule has 0 spiro atoms. The van der Waals surface area contributed by atoms with E-state index in [-0.39, 0.29) is 0 Å². The maximum absolute atomic E-state index is 12.5. The lowest BCUT2D eigenvalue weighted by molar-refractivity contribution is 0.563. The van der Waals surface area contributed by atoms with Crippen LogP contribution in [0.25, 0.3) is 22.2 Å². The highest BCUT2D eigenvalue weighted by molar-refractivity contribution is 7.14. The van der Waals surface area contributed by atoms with Gasteiger partial charge in [-0.15, -0.1) is 11.3 Å². The minimum Gasteiger partial charge on any atom is -0.422 e. The molecule has 0 bridgehead atoms. The normalized spacial score (nSPS) is 11.6. The molecule has 5 rings (SSSR count). The Bertz CT molecular complexity index is 1540. The van der Waals surface area contributed by atoms with E-state index in [1.54, 1.807) is 29.6 Å². The van der Waals surface area contributed by atoms with Gasteiger partial charge in [0.05, 0.1) is 17.0 Å². The van der Waals surface area contributed by atoms with Crippen molar-refractivity contribution in [3.63, 3.8) is 0 Å². The van der Waals surface area contributed by atoms with E-state index in [9.17, 15) is 4.79 Å². The zero-order chi connectivity index (χ0) is 22.8. The summed E-state index contributed by atoms with van der Waals surface area (Å²) in [4.78, 5) is 17.0. The van der Waals surface area contributed by atoms with E-state index >= 15 is 0 Å². The molecule has 6 nitrogen and oxygen atoms in total. The van der Waals surface area contributed by atoms with Crippen LogP contribution in [0.1, 0.15) is 11.1 Å². The van der Waals surface area contributed by atoms with Gasteiger partial charge in [0, 0.05) is 32.6 Å². The van der Waals surface area contributed by atoms with Crippen LogP contribution in [0, 0.1) is 0 Å². The molecule has 0 fully saturated rings. The summed E-state index contributed by atoms with van der Waals surface area (Å²) >= 11 is 7.41. The topological polar surface area (TPSA) is 93.5 Å². The molecule has 2 heterocycles. The van der Waals surface area contributed by atoms with Crippen LogP contribution < -0.4 is 16.8 Å². The molecule has 0 aliphatic heterocycles. The molecule has 0 aliphatic carbocycles. The van der Waals surface area contributed by atoms with Crippen LogP contribution in [0.15, 0.2) is 98.6 Å². The summed E-state index contributed by atoms with van der Waals surface area (Å²) in [5.74, 6) is 0. The summed E-state index contributed by atoms with van der Waals surface area (Å²) < 4.78 is 5.43. The number of aromatic nitrogens is 1. The summed E-state index contributed by atoms with van der Waals surface area (Å²) in [7, 11) is 0. The fourth-order valence-electron chi connectivity index (χ4n) is 3.42. The van der Waals surface area contributed by atoms with Crippen molar-refractivity contribution >= 4 is 50.4 Å². The Morgan fingerprint density at radius 2 is 1.82 bits per heavy atom. The minimum absolute atomic E-state index is 0.396. The van der Waals surface area contributed by atoms with Gasteiger partial charge in [0.2, 0.25) is 5.13 Å². The molecule has 2 aromatic heterocycles. The van der Waals surface area contributed by atoms with Gasteiger partial charge < -0.3 is 10.2 Å². The zero-order valence-electron chi connectivity index (χ0n) is 17.2. The van der Waals surface area contributed by atoms with Crippen molar-refractivity contribution < 1.29 is 4.42 Å². The van der Waals surface area contributed by atoms with E-state index in [0.29, 0.717) is 38.4 Å². The van der Waals surface area contributed by atoms with Gasteiger partial charge in [0.1, 0.15) is 5.58 Å².